The molecule has 0 aliphatic carbocycles. The van der Waals surface area contributed by atoms with Gasteiger partial charge in [-0.25, -0.2) is 0 Å². The second kappa shape index (κ2) is 5.05. The minimum absolute atomic E-state index is 0.561. The Labute approximate surface area is 86.3 Å². The Morgan fingerprint density at radius 1 is 0.857 bits per heavy atom. The van der Waals surface area contributed by atoms with Gasteiger partial charge in [0.25, 0.3) is 0 Å². The van der Waals surface area contributed by atoms with Gasteiger partial charge in [0.1, 0.15) is 11.2 Å². The van der Waals surface area contributed by atoms with Crippen LogP contribution in [0, 0.1) is 23.7 Å². The number of hydrogen-bond acceptors (Lipinski definition) is 2. The SMILES string of the molecule is CC[C@@](C)(O)C#CC#C[C@](C)(O)CC. The monoisotopic (exact) mass is 194 g/mol. The van der Waals surface area contributed by atoms with E-state index in [-0.39, 0.29) is 0 Å². The summed E-state index contributed by atoms with van der Waals surface area (Å²) in [5.74, 6) is 10.3. The molecule has 0 unspecified atom stereocenters. The van der Waals surface area contributed by atoms with Crippen molar-refractivity contribution >= 4 is 0 Å². The summed E-state index contributed by atoms with van der Waals surface area (Å²) in [7, 11) is 0. The highest BCUT2D eigenvalue weighted by atomic mass is 16.3. The Bertz CT molecular complexity index is 260. The van der Waals surface area contributed by atoms with Crippen molar-refractivity contribution in [1.82, 2.24) is 0 Å². The first-order valence-corrected chi connectivity index (χ1v) is 4.82. The van der Waals surface area contributed by atoms with E-state index in [1.54, 1.807) is 13.8 Å². The molecule has 0 radical (unpaired) electrons. The van der Waals surface area contributed by atoms with Crippen LogP contribution >= 0.6 is 0 Å². The minimum Gasteiger partial charge on any atom is -0.378 e. The molecule has 0 heterocycles. The second-order valence-corrected chi connectivity index (χ2v) is 3.75. The fraction of sp³-hybridized carbons (Fsp3) is 0.667. The highest BCUT2D eigenvalue weighted by Crippen LogP contribution is 2.06. The van der Waals surface area contributed by atoms with Gasteiger partial charge >= 0.3 is 0 Å². The van der Waals surface area contributed by atoms with Crippen molar-refractivity contribution in [3.8, 4) is 23.7 Å². The van der Waals surface area contributed by atoms with Gasteiger partial charge in [-0.1, -0.05) is 25.7 Å². The second-order valence-electron chi connectivity index (χ2n) is 3.75. The first-order chi connectivity index (χ1) is 6.33. The molecule has 78 valence electrons. The third-order valence-electron chi connectivity index (χ3n) is 2.10. The molecule has 0 aliphatic rings. The smallest absolute Gasteiger partial charge is 0.123 e. The molecule has 2 N–H and O–H groups in total. The Hall–Kier alpha value is -0.960. The van der Waals surface area contributed by atoms with Gasteiger partial charge in [-0.2, -0.15) is 0 Å². The molecule has 0 aromatic heterocycles. The Kier molecular flexibility index (Phi) is 4.71. The van der Waals surface area contributed by atoms with Crippen LogP contribution in [0.5, 0.6) is 0 Å². The highest BCUT2D eigenvalue weighted by Gasteiger charge is 2.13. The molecule has 0 spiro atoms. The van der Waals surface area contributed by atoms with Crippen molar-refractivity contribution in [2.24, 2.45) is 0 Å². The minimum atomic E-state index is -0.979. The zero-order valence-corrected chi connectivity index (χ0v) is 9.31. The van der Waals surface area contributed by atoms with Crippen LogP contribution < -0.4 is 0 Å². The van der Waals surface area contributed by atoms with E-state index >= 15 is 0 Å². The molecule has 2 nitrogen and oxygen atoms in total. The summed E-state index contributed by atoms with van der Waals surface area (Å²) >= 11 is 0. The van der Waals surface area contributed by atoms with Gasteiger partial charge in [-0.05, 0) is 38.5 Å². The molecule has 0 aromatic carbocycles. The molecular weight excluding hydrogens is 176 g/mol. The van der Waals surface area contributed by atoms with Crippen molar-refractivity contribution in [3.63, 3.8) is 0 Å². The molecule has 0 aromatic rings. The zero-order chi connectivity index (χ0) is 11.2. The Balaban J connectivity index is 4.43. The fourth-order valence-corrected chi connectivity index (χ4v) is 0.509. The summed E-state index contributed by atoms with van der Waals surface area (Å²) in [5, 5.41) is 19.0. The average molecular weight is 194 g/mol. The molecule has 0 rings (SSSR count). The summed E-state index contributed by atoms with van der Waals surface area (Å²) in [5.41, 5.74) is -1.96. The molecule has 0 bridgehead atoms. The molecule has 0 fully saturated rings. The lowest BCUT2D eigenvalue weighted by molar-refractivity contribution is 0.117. The predicted octanol–water partition coefficient (Wildman–Crippen LogP) is 1.32. The predicted molar refractivity (Wildman–Crippen MR) is 57.4 cm³/mol. The third kappa shape index (κ3) is 5.65. The first-order valence-electron chi connectivity index (χ1n) is 4.82. The van der Waals surface area contributed by atoms with E-state index < -0.39 is 11.2 Å². The lowest BCUT2D eigenvalue weighted by Gasteiger charge is -2.12. The molecular formula is C12H18O2. The van der Waals surface area contributed by atoms with Crippen LogP contribution in [0.4, 0.5) is 0 Å². The van der Waals surface area contributed by atoms with E-state index in [4.69, 9.17) is 0 Å². The molecule has 0 saturated carbocycles. The first kappa shape index (κ1) is 13.0. The van der Waals surface area contributed by atoms with Crippen LogP contribution in [0.3, 0.4) is 0 Å². The van der Waals surface area contributed by atoms with Crippen LogP contribution in [0.1, 0.15) is 40.5 Å². The van der Waals surface area contributed by atoms with Crippen LogP contribution in [-0.4, -0.2) is 21.4 Å². The van der Waals surface area contributed by atoms with Crippen LogP contribution in [0.25, 0.3) is 0 Å². The zero-order valence-electron chi connectivity index (χ0n) is 9.31. The van der Waals surface area contributed by atoms with Gasteiger partial charge in [0.05, 0.1) is 0 Å². The van der Waals surface area contributed by atoms with E-state index in [2.05, 4.69) is 23.7 Å². The summed E-state index contributed by atoms with van der Waals surface area (Å²) in [6.07, 6.45) is 1.12. The van der Waals surface area contributed by atoms with Crippen molar-refractivity contribution in [2.45, 2.75) is 51.7 Å². The van der Waals surface area contributed by atoms with Crippen molar-refractivity contribution in [1.29, 1.82) is 0 Å². The van der Waals surface area contributed by atoms with Gasteiger partial charge in [0.2, 0.25) is 0 Å². The average Bonchev–Trinajstić information content (AvgIpc) is 2.13. The summed E-state index contributed by atoms with van der Waals surface area (Å²) in [6.45, 7) is 6.98. The molecule has 0 saturated heterocycles. The van der Waals surface area contributed by atoms with Gasteiger partial charge in [-0.15, -0.1) is 0 Å². The normalized spacial score (nSPS) is 17.9. The van der Waals surface area contributed by atoms with Gasteiger partial charge in [-0.3, -0.25) is 0 Å². The maximum atomic E-state index is 9.51. The third-order valence-corrected chi connectivity index (χ3v) is 2.10. The van der Waals surface area contributed by atoms with Crippen molar-refractivity contribution < 1.29 is 10.2 Å². The lowest BCUT2D eigenvalue weighted by Crippen LogP contribution is -2.20. The fourth-order valence-electron chi connectivity index (χ4n) is 0.509. The Morgan fingerprint density at radius 2 is 1.14 bits per heavy atom. The number of aliphatic hydroxyl groups is 2. The van der Waals surface area contributed by atoms with Crippen molar-refractivity contribution in [3.05, 3.63) is 0 Å². The topological polar surface area (TPSA) is 40.5 Å². The quantitative estimate of drug-likeness (QED) is 0.651. The van der Waals surface area contributed by atoms with E-state index in [0.717, 1.165) is 0 Å². The van der Waals surface area contributed by atoms with Crippen LogP contribution in [0.15, 0.2) is 0 Å². The maximum Gasteiger partial charge on any atom is 0.123 e. The van der Waals surface area contributed by atoms with Crippen LogP contribution in [-0.2, 0) is 0 Å². The molecule has 2 heteroatoms. The summed E-state index contributed by atoms with van der Waals surface area (Å²) < 4.78 is 0. The lowest BCUT2D eigenvalue weighted by atomic mass is 10.0. The Morgan fingerprint density at radius 3 is 1.36 bits per heavy atom. The molecule has 2 atom stereocenters. The van der Waals surface area contributed by atoms with E-state index in [1.807, 2.05) is 13.8 Å². The number of hydrogen-bond donors (Lipinski definition) is 2. The number of rotatable bonds is 2. The van der Waals surface area contributed by atoms with Crippen LogP contribution in [0.2, 0.25) is 0 Å². The maximum absolute atomic E-state index is 9.51. The largest absolute Gasteiger partial charge is 0.378 e. The van der Waals surface area contributed by atoms with E-state index in [9.17, 15) is 10.2 Å². The van der Waals surface area contributed by atoms with Gasteiger partial charge in [0, 0.05) is 0 Å². The van der Waals surface area contributed by atoms with Gasteiger partial charge < -0.3 is 10.2 Å². The molecule has 0 amide bonds. The highest BCUT2D eigenvalue weighted by molar-refractivity contribution is 5.31. The van der Waals surface area contributed by atoms with E-state index in [1.165, 1.54) is 0 Å². The van der Waals surface area contributed by atoms with Gasteiger partial charge in [0.15, 0.2) is 0 Å². The molecule has 0 aliphatic heterocycles. The van der Waals surface area contributed by atoms with E-state index in [0.29, 0.717) is 12.8 Å². The summed E-state index contributed by atoms with van der Waals surface area (Å²) in [6, 6.07) is 0. The molecule has 14 heavy (non-hydrogen) atoms. The standard InChI is InChI=1S/C12H18O2/c1-5-11(3,13)9-7-8-10-12(4,14)6-2/h13-14H,5-6H2,1-4H3/t11-,12-/m1/s1. The summed E-state index contributed by atoms with van der Waals surface area (Å²) in [4.78, 5) is 0. The van der Waals surface area contributed by atoms with Crippen molar-refractivity contribution in [2.75, 3.05) is 0 Å².